The van der Waals surface area contributed by atoms with E-state index in [1.807, 2.05) is 7.05 Å². The largest absolute Gasteiger partial charge is 0.396 e. The maximum Gasteiger partial charge on any atom is 0.0587 e. The predicted molar refractivity (Wildman–Crippen MR) is 79.4 cm³/mol. The topological polar surface area (TPSA) is 43.7 Å². The number of rotatable bonds is 8. The van der Waals surface area contributed by atoms with Crippen LogP contribution in [0.25, 0.3) is 0 Å². The van der Waals surface area contributed by atoms with Gasteiger partial charge in [-0.3, -0.25) is 0 Å². The SMILES string of the molecule is CC(C)c1ccc(CCN(C)C(CO)CCO)cc1. The Morgan fingerprint density at radius 3 is 2.21 bits per heavy atom. The first kappa shape index (κ1) is 16.2. The van der Waals surface area contributed by atoms with E-state index < -0.39 is 0 Å². The second kappa shape index (κ2) is 8.31. The van der Waals surface area contributed by atoms with E-state index in [0.717, 1.165) is 13.0 Å². The number of hydrogen-bond acceptors (Lipinski definition) is 3. The minimum Gasteiger partial charge on any atom is -0.396 e. The Bertz CT molecular complexity index is 348. The highest BCUT2D eigenvalue weighted by Gasteiger charge is 2.12. The summed E-state index contributed by atoms with van der Waals surface area (Å²) < 4.78 is 0. The Kier molecular flexibility index (Phi) is 7.06. The molecule has 0 heterocycles. The van der Waals surface area contributed by atoms with Crippen molar-refractivity contribution in [3.05, 3.63) is 35.4 Å². The molecule has 0 aliphatic heterocycles. The normalized spacial score (nSPS) is 13.2. The van der Waals surface area contributed by atoms with Crippen molar-refractivity contribution >= 4 is 0 Å². The van der Waals surface area contributed by atoms with Crippen molar-refractivity contribution in [3.8, 4) is 0 Å². The molecule has 0 aromatic heterocycles. The lowest BCUT2D eigenvalue weighted by Gasteiger charge is -2.25. The summed E-state index contributed by atoms with van der Waals surface area (Å²) in [6.07, 6.45) is 1.59. The molecule has 0 fully saturated rings. The fourth-order valence-corrected chi connectivity index (χ4v) is 2.16. The number of benzene rings is 1. The average molecular weight is 265 g/mol. The number of nitrogens with zero attached hydrogens (tertiary/aromatic N) is 1. The molecule has 3 heteroatoms. The molecule has 0 bridgehead atoms. The Balaban J connectivity index is 2.47. The molecule has 0 saturated carbocycles. The quantitative estimate of drug-likeness (QED) is 0.756. The summed E-state index contributed by atoms with van der Waals surface area (Å²) in [6, 6.07) is 8.81. The van der Waals surface area contributed by atoms with Crippen LogP contribution in [0.15, 0.2) is 24.3 Å². The average Bonchev–Trinajstić information content (AvgIpc) is 2.42. The molecule has 1 atom stereocenters. The maximum absolute atomic E-state index is 9.27. The molecule has 0 aliphatic rings. The summed E-state index contributed by atoms with van der Waals surface area (Å²) in [4.78, 5) is 2.12. The van der Waals surface area contributed by atoms with Crippen LogP contribution in [0.2, 0.25) is 0 Å². The van der Waals surface area contributed by atoms with Crippen LogP contribution in [0, 0.1) is 0 Å². The minimum atomic E-state index is 0.0555. The Labute approximate surface area is 116 Å². The number of likely N-dealkylation sites (N-methyl/N-ethyl adjacent to an activating group) is 1. The maximum atomic E-state index is 9.27. The van der Waals surface area contributed by atoms with Crippen molar-refractivity contribution in [2.45, 2.75) is 38.6 Å². The van der Waals surface area contributed by atoms with Crippen molar-refractivity contribution in [1.82, 2.24) is 4.90 Å². The van der Waals surface area contributed by atoms with E-state index >= 15 is 0 Å². The van der Waals surface area contributed by atoms with Crippen LogP contribution in [0.5, 0.6) is 0 Å². The van der Waals surface area contributed by atoms with E-state index in [0.29, 0.717) is 12.3 Å². The van der Waals surface area contributed by atoms with E-state index in [1.54, 1.807) is 0 Å². The molecule has 0 radical (unpaired) electrons. The molecule has 2 N–H and O–H groups in total. The third-order valence-corrected chi connectivity index (χ3v) is 3.70. The van der Waals surface area contributed by atoms with E-state index in [-0.39, 0.29) is 19.3 Å². The summed E-state index contributed by atoms with van der Waals surface area (Å²) in [5, 5.41) is 18.2. The van der Waals surface area contributed by atoms with Gasteiger partial charge < -0.3 is 15.1 Å². The van der Waals surface area contributed by atoms with Crippen molar-refractivity contribution in [2.24, 2.45) is 0 Å². The number of hydrogen-bond donors (Lipinski definition) is 2. The molecular weight excluding hydrogens is 238 g/mol. The van der Waals surface area contributed by atoms with Crippen LogP contribution in [-0.4, -0.2) is 48.0 Å². The Morgan fingerprint density at radius 1 is 1.11 bits per heavy atom. The summed E-state index contributed by atoms with van der Waals surface area (Å²) in [5.41, 5.74) is 2.68. The second-order valence-electron chi connectivity index (χ2n) is 5.48. The summed E-state index contributed by atoms with van der Waals surface area (Å²) in [7, 11) is 2.00. The zero-order chi connectivity index (χ0) is 14.3. The van der Waals surface area contributed by atoms with Gasteiger partial charge in [0.15, 0.2) is 0 Å². The second-order valence-corrected chi connectivity index (χ2v) is 5.48. The summed E-state index contributed by atoms with van der Waals surface area (Å²) in [5.74, 6) is 0.569. The lowest BCUT2D eigenvalue weighted by molar-refractivity contribution is 0.120. The van der Waals surface area contributed by atoms with Gasteiger partial charge >= 0.3 is 0 Å². The van der Waals surface area contributed by atoms with Crippen molar-refractivity contribution in [2.75, 3.05) is 26.8 Å². The van der Waals surface area contributed by atoms with Crippen LogP contribution in [0.1, 0.15) is 37.3 Å². The Morgan fingerprint density at radius 2 is 1.74 bits per heavy atom. The van der Waals surface area contributed by atoms with E-state index in [9.17, 15) is 5.11 Å². The predicted octanol–water partition coefficient (Wildman–Crippen LogP) is 2.03. The van der Waals surface area contributed by atoms with Gasteiger partial charge in [0.2, 0.25) is 0 Å². The van der Waals surface area contributed by atoms with Crippen LogP contribution in [0.3, 0.4) is 0 Å². The third kappa shape index (κ3) is 5.31. The van der Waals surface area contributed by atoms with Gasteiger partial charge in [0.25, 0.3) is 0 Å². The molecule has 1 rings (SSSR count). The van der Waals surface area contributed by atoms with Gasteiger partial charge in [-0.15, -0.1) is 0 Å². The van der Waals surface area contributed by atoms with Gasteiger partial charge in [0, 0.05) is 19.2 Å². The van der Waals surface area contributed by atoms with E-state index in [1.165, 1.54) is 11.1 Å². The third-order valence-electron chi connectivity index (χ3n) is 3.70. The van der Waals surface area contributed by atoms with Gasteiger partial charge in [-0.1, -0.05) is 38.1 Å². The van der Waals surface area contributed by atoms with Crippen LogP contribution in [-0.2, 0) is 6.42 Å². The first-order valence-electron chi connectivity index (χ1n) is 7.09. The molecule has 0 aliphatic carbocycles. The molecule has 0 spiro atoms. The van der Waals surface area contributed by atoms with Gasteiger partial charge in [0.05, 0.1) is 6.61 Å². The molecule has 0 saturated heterocycles. The van der Waals surface area contributed by atoms with Crippen molar-refractivity contribution in [1.29, 1.82) is 0 Å². The number of aliphatic hydroxyl groups is 2. The fourth-order valence-electron chi connectivity index (χ4n) is 2.16. The monoisotopic (exact) mass is 265 g/mol. The lowest BCUT2D eigenvalue weighted by atomic mass is 10.0. The summed E-state index contributed by atoms with van der Waals surface area (Å²) >= 11 is 0. The minimum absolute atomic E-state index is 0.0555. The van der Waals surface area contributed by atoms with Crippen LogP contribution < -0.4 is 0 Å². The van der Waals surface area contributed by atoms with Crippen LogP contribution >= 0.6 is 0 Å². The summed E-state index contributed by atoms with van der Waals surface area (Å²) in [6.45, 7) is 5.52. The highest BCUT2D eigenvalue weighted by molar-refractivity contribution is 5.24. The zero-order valence-corrected chi connectivity index (χ0v) is 12.3. The molecule has 108 valence electrons. The fraction of sp³-hybridized carbons (Fsp3) is 0.625. The molecule has 19 heavy (non-hydrogen) atoms. The molecule has 1 unspecified atom stereocenters. The van der Waals surface area contributed by atoms with Crippen molar-refractivity contribution < 1.29 is 10.2 Å². The van der Waals surface area contributed by atoms with Crippen molar-refractivity contribution in [3.63, 3.8) is 0 Å². The zero-order valence-electron chi connectivity index (χ0n) is 12.3. The van der Waals surface area contributed by atoms with Gasteiger partial charge in [-0.05, 0) is 36.9 Å². The number of aliphatic hydroxyl groups excluding tert-OH is 2. The first-order valence-corrected chi connectivity index (χ1v) is 7.09. The highest BCUT2D eigenvalue weighted by atomic mass is 16.3. The first-order chi connectivity index (χ1) is 9.08. The smallest absolute Gasteiger partial charge is 0.0587 e. The van der Waals surface area contributed by atoms with E-state index in [2.05, 4.69) is 43.0 Å². The van der Waals surface area contributed by atoms with E-state index in [4.69, 9.17) is 5.11 Å². The van der Waals surface area contributed by atoms with Gasteiger partial charge in [-0.25, -0.2) is 0 Å². The molecule has 1 aromatic rings. The highest BCUT2D eigenvalue weighted by Crippen LogP contribution is 2.15. The molecule has 1 aromatic carbocycles. The standard InChI is InChI=1S/C16H27NO2/c1-13(2)15-6-4-14(5-7-15)8-10-17(3)16(12-19)9-11-18/h4-7,13,16,18-19H,8-12H2,1-3H3. The van der Waals surface area contributed by atoms with Gasteiger partial charge in [-0.2, -0.15) is 0 Å². The lowest BCUT2D eigenvalue weighted by Crippen LogP contribution is -2.36. The van der Waals surface area contributed by atoms with Gasteiger partial charge in [0.1, 0.15) is 0 Å². The molecule has 0 amide bonds. The molecule has 3 nitrogen and oxygen atoms in total. The van der Waals surface area contributed by atoms with Crippen LogP contribution in [0.4, 0.5) is 0 Å². The molecular formula is C16H27NO2. The Hall–Kier alpha value is -0.900.